The smallest absolute Gasteiger partial charge is 0.250 e. The van der Waals surface area contributed by atoms with E-state index in [0.29, 0.717) is 5.75 Å². The summed E-state index contributed by atoms with van der Waals surface area (Å²) >= 11 is 5.12. The molecule has 0 atom stereocenters. The van der Waals surface area contributed by atoms with Gasteiger partial charge in [0.15, 0.2) is 5.11 Å². The highest BCUT2D eigenvalue weighted by atomic mass is 32.1. The number of ether oxygens (including phenoxy) is 2. The summed E-state index contributed by atoms with van der Waals surface area (Å²) in [5, 5.41) is 5.73. The van der Waals surface area contributed by atoms with Crippen molar-refractivity contribution in [2.45, 2.75) is 0 Å². The highest BCUT2D eigenvalue weighted by molar-refractivity contribution is 7.80. The topological polar surface area (TPSA) is 59.6 Å². The van der Waals surface area contributed by atoms with Gasteiger partial charge in [-0.05, 0) is 48.1 Å². The van der Waals surface area contributed by atoms with Gasteiger partial charge in [-0.15, -0.1) is 0 Å². The van der Waals surface area contributed by atoms with Gasteiger partial charge in [0.05, 0.1) is 14.2 Å². The largest absolute Gasteiger partial charge is 0.497 e. The molecule has 0 fully saturated rings. The molecule has 0 unspecified atom stereocenters. The molecule has 2 N–H and O–H groups in total. The molecular weight excluding hydrogens is 324 g/mol. The summed E-state index contributed by atoms with van der Waals surface area (Å²) in [5.41, 5.74) is 1.62. The normalized spacial score (nSPS) is 10.2. The molecule has 6 heteroatoms. The number of hydrogen-bond acceptors (Lipinski definition) is 4. The highest BCUT2D eigenvalue weighted by Crippen LogP contribution is 2.16. The summed E-state index contributed by atoms with van der Waals surface area (Å²) < 4.78 is 10.2. The third-order valence-electron chi connectivity index (χ3n) is 3.11. The molecule has 2 rings (SSSR count). The zero-order valence-electron chi connectivity index (χ0n) is 13.4. The molecule has 1 amide bonds. The van der Waals surface area contributed by atoms with Crippen molar-refractivity contribution >= 4 is 35.0 Å². The van der Waals surface area contributed by atoms with Crippen molar-refractivity contribution < 1.29 is 14.3 Å². The Morgan fingerprint density at radius 3 is 2.42 bits per heavy atom. The highest BCUT2D eigenvalue weighted by Gasteiger charge is 2.02. The lowest BCUT2D eigenvalue weighted by Crippen LogP contribution is -2.32. The first kappa shape index (κ1) is 17.5. The fourth-order valence-corrected chi connectivity index (χ4v) is 2.12. The van der Waals surface area contributed by atoms with Crippen molar-refractivity contribution in [3.05, 3.63) is 60.2 Å². The minimum absolute atomic E-state index is 0.215. The Bertz CT molecular complexity index is 742. The minimum atomic E-state index is -0.314. The van der Waals surface area contributed by atoms with Crippen molar-refractivity contribution in [2.75, 3.05) is 19.5 Å². The second kappa shape index (κ2) is 8.69. The van der Waals surface area contributed by atoms with Crippen LogP contribution < -0.4 is 20.1 Å². The van der Waals surface area contributed by atoms with Crippen LogP contribution in [0.1, 0.15) is 5.56 Å². The quantitative estimate of drug-likeness (QED) is 0.645. The van der Waals surface area contributed by atoms with E-state index < -0.39 is 0 Å². The summed E-state index contributed by atoms with van der Waals surface area (Å²) in [6, 6.07) is 14.6. The maximum absolute atomic E-state index is 11.9. The van der Waals surface area contributed by atoms with Crippen LogP contribution in [0.5, 0.6) is 11.5 Å². The number of rotatable bonds is 5. The monoisotopic (exact) mass is 342 g/mol. The average molecular weight is 342 g/mol. The molecule has 0 aliphatic carbocycles. The van der Waals surface area contributed by atoms with E-state index in [4.69, 9.17) is 21.7 Å². The lowest BCUT2D eigenvalue weighted by molar-refractivity contribution is -0.115. The Morgan fingerprint density at radius 1 is 1.04 bits per heavy atom. The summed E-state index contributed by atoms with van der Waals surface area (Å²) in [6.45, 7) is 0. The second-order valence-corrected chi connectivity index (χ2v) is 5.19. The zero-order chi connectivity index (χ0) is 17.4. The summed E-state index contributed by atoms with van der Waals surface area (Å²) in [7, 11) is 3.19. The van der Waals surface area contributed by atoms with E-state index >= 15 is 0 Å². The molecule has 2 aromatic carbocycles. The first-order valence-electron chi connectivity index (χ1n) is 7.19. The van der Waals surface area contributed by atoms with E-state index in [0.717, 1.165) is 17.0 Å². The molecule has 0 bridgehead atoms. The van der Waals surface area contributed by atoms with Crippen LogP contribution in [-0.2, 0) is 4.79 Å². The molecule has 0 saturated carbocycles. The van der Waals surface area contributed by atoms with Gasteiger partial charge in [0, 0.05) is 17.8 Å². The molecule has 0 spiro atoms. The molecule has 2 aromatic rings. The fraction of sp³-hybridized carbons (Fsp3) is 0.111. The maximum atomic E-state index is 11.9. The van der Waals surface area contributed by atoms with E-state index in [1.165, 1.54) is 6.08 Å². The van der Waals surface area contributed by atoms with Gasteiger partial charge in [-0.25, -0.2) is 0 Å². The van der Waals surface area contributed by atoms with Crippen LogP contribution in [0.2, 0.25) is 0 Å². The van der Waals surface area contributed by atoms with Crippen LogP contribution in [0.3, 0.4) is 0 Å². The molecule has 0 aliphatic rings. The number of nitrogens with one attached hydrogen (secondary N) is 2. The number of anilines is 1. The van der Waals surface area contributed by atoms with Gasteiger partial charge in [-0.1, -0.05) is 18.2 Å². The number of thiocarbonyl (C=S) groups is 1. The van der Waals surface area contributed by atoms with Crippen LogP contribution in [0.15, 0.2) is 54.6 Å². The van der Waals surface area contributed by atoms with Crippen molar-refractivity contribution in [1.82, 2.24) is 5.32 Å². The van der Waals surface area contributed by atoms with Gasteiger partial charge in [0.2, 0.25) is 5.91 Å². The predicted octanol–water partition coefficient (Wildman–Crippen LogP) is 3.23. The Labute approximate surface area is 146 Å². The van der Waals surface area contributed by atoms with Crippen LogP contribution in [0, 0.1) is 0 Å². The number of hydrogen-bond donors (Lipinski definition) is 2. The van der Waals surface area contributed by atoms with E-state index in [-0.39, 0.29) is 11.0 Å². The minimum Gasteiger partial charge on any atom is -0.497 e. The van der Waals surface area contributed by atoms with Crippen LogP contribution >= 0.6 is 12.2 Å². The molecule has 24 heavy (non-hydrogen) atoms. The molecule has 0 aliphatic heterocycles. The molecule has 5 nitrogen and oxygen atoms in total. The SMILES string of the molecule is COc1ccc(C=CC(=O)NC(=S)Nc2cccc(OC)c2)cc1. The second-order valence-electron chi connectivity index (χ2n) is 4.78. The summed E-state index contributed by atoms with van der Waals surface area (Å²) in [4.78, 5) is 11.9. The van der Waals surface area contributed by atoms with Crippen LogP contribution in [0.25, 0.3) is 6.08 Å². The van der Waals surface area contributed by atoms with Crippen molar-refractivity contribution in [3.8, 4) is 11.5 Å². The lowest BCUT2D eigenvalue weighted by atomic mass is 10.2. The predicted molar refractivity (Wildman–Crippen MR) is 99.4 cm³/mol. The Balaban J connectivity index is 1.88. The molecule has 0 radical (unpaired) electrons. The first-order chi connectivity index (χ1) is 11.6. The zero-order valence-corrected chi connectivity index (χ0v) is 14.2. The van der Waals surface area contributed by atoms with Gasteiger partial charge in [-0.2, -0.15) is 0 Å². The lowest BCUT2D eigenvalue weighted by Gasteiger charge is -2.09. The van der Waals surface area contributed by atoms with E-state index in [2.05, 4.69) is 10.6 Å². The van der Waals surface area contributed by atoms with E-state index in [9.17, 15) is 4.79 Å². The molecule has 0 aromatic heterocycles. The summed E-state index contributed by atoms with van der Waals surface area (Å²) in [5.74, 6) is 1.15. The van der Waals surface area contributed by atoms with Gasteiger partial charge >= 0.3 is 0 Å². The Morgan fingerprint density at radius 2 is 1.75 bits per heavy atom. The molecule has 0 heterocycles. The van der Waals surface area contributed by atoms with Gasteiger partial charge in [-0.3, -0.25) is 10.1 Å². The fourth-order valence-electron chi connectivity index (χ4n) is 1.90. The van der Waals surface area contributed by atoms with Gasteiger partial charge < -0.3 is 14.8 Å². The van der Waals surface area contributed by atoms with E-state index in [1.54, 1.807) is 26.4 Å². The van der Waals surface area contributed by atoms with Gasteiger partial charge in [0.25, 0.3) is 0 Å². The number of benzene rings is 2. The van der Waals surface area contributed by atoms with Crippen LogP contribution in [0.4, 0.5) is 5.69 Å². The van der Waals surface area contributed by atoms with Crippen molar-refractivity contribution in [3.63, 3.8) is 0 Å². The Kier molecular flexibility index (Phi) is 6.33. The third kappa shape index (κ3) is 5.40. The number of carbonyl (C=O) groups excluding carboxylic acids is 1. The van der Waals surface area contributed by atoms with E-state index in [1.807, 2.05) is 42.5 Å². The Hall–Kier alpha value is -2.86. The average Bonchev–Trinajstić information content (AvgIpc) is 2.60. The number of methoxy groups -OCH3 is 2. The van der Waals surface area contributed by atoms with Crippen LogP contribution in [-0.4, -0.2) is 25.2 Å². The van der Waals surface area contributed by atoms with Crippen molar-refractivity contribution in [2.24, 2.45) is 0 Å². The van der Waals surface area contributed by atoms with Gasteiger partial charge in [0.1, 0.15) is 11.5 Å². The first-order valence-corrected chi connectivity index (χ1v) is 7.59. The number of carbonyl (C=O) groups is 1. The number of amides is 1. The third-order valence-corrected chi connectivity index (χ3v) is 3.31. The maximum Gasteiger partial charge on any atom is 0.250 e. The molecular formula is C18H18N2O3S. The molecule has 0 saturated heterocycles. The summed E-state index contributed by atoms with van der Waals surface area (Å²) in [6.07, 6.45) is 3.12. The standard InChI is InChI=1S/C18H18N2O3S/c1-22-15-9-6-13(7-10-15)8-11-17(21)20-18(24)19-14-4-3-5-16(12-14)23-2/h3-12H,1-2H3,(H2,19,20,21,24). The molecule has 124 valence electrons. The van der Waals surface area contributed by atoms with Crippen molar-refractivity contribution in [1.29, 1.82) is 0 Å².